The van der Waals surface area contributed by atoms with Crippen molar-refractivity contribution >= 4 is 27.6 Å². The van der Waals surface area contributed by atoms with E-state index in [2.05, 4.69) is 36.4 Å². The molecule has 0 unspecified atom stereocenters. The SMILES string of the molecule is O=c1c2ccccc2c2c(n1-c1cccc3ccccc13)C=CCC2. The van der Waals surface area contributed by atoms with Crippen molar-refractivity contribution in [2.75, 3.05) is 0 Å². The Hall–Kier alpha value is -3.13. The molecule has 0 amide bonds. The Kier molecular flexibility index (Phi) is 3.10. The van der Waals surface area contributed by atoms with Crippen LogP contribution >= 0.6 is 0 Å². The smallest absolute Gasteiger partial charge is 0.263 e. The van der Waals surface area contributed by atoms with Crippen LogP contribution in [0.4, 0.5) is 0 Å². The molecule has 0 fully saturated rings. The summed E-state index contributed by atoms with van der Waals surface area (Å²) in [4.78, 5) is 13.4. The lowest BCUT2D eigenvalue weighted by atomic mass is 9.95. The first-order valence-corrected chi connectivity index (χ1v) is 8.66. The van der Waals surface area contributed by atoms with Crippen LogP contribution in [0.2, 0.25) is 0 Å². The summed E-state index contributed by atoms with van der Waals surface area (Å²) in [5, 5.41) is 4.13. The minimum atomic E-state index is 0.0530. The summed E-state index contributed by atoms with van der Waals surface area (Å²) in [5.74, 6) is 0. The predicted octanol–water partition coefficient (Wildman–Crippen LogP) is 5.10. The van der Waals surface area contributed by atoms with E-state index in [9.17, 15) is 4.79 Å². The number of pyridine rings is 1. The van der Waals surface area contributed by atoms with Gasteiger partial charge in [-0.15, -0.1) is 0 Å². The second-order valence-electron chi connectivity index (χ2n) is 6.49. The Morgan fingerprint density at radius 3 is 2.36 bits per heavy atom. The van der Waals surface area contributed by atoms with Crippen molar-refractivity contribution in [3.63, 3.8) is 0 Å². The van der Waals surface area contributed by atoms with Gasteiger partial charge in [0.2, 0.25) is 0 Å². The molecule has 2 heteroatoms. The number of hydrogen-bond acceptors (Lipinski definition) is 1. The number of nitrogens with zero attached hydrogens (tertiary/aromatic N) is 1. The predicted molar refractivity (Wildman–Crippen MR) is 104 cm³/mol. The zero-order chi connectivity index (χ0) is 16.8. The first-order chi connectivity index (χ1) is 12.3. The molecule has 0 aliphatic heterocycles. The molecule has 120 valence electrons. The number of aryl methyl sites for hydroxylation is 1. The van der Waals surface area contributed by atoms with Crippen LogP contribution in [0.5, 0.6) is 0 Å². The Bertz CT molecular complexity index is 1210. The monoisotopic (exact) mass is 323 g/mol. The van der Waals surface area contributed by atoms with Gasteiger partial charge in [-0.25, -0.2) is 0 Å². The van der Waals surface area contributed by atoms with Crippen LogP contribution in [0.25, 0.3) is 33.3 Å². The highest BCUT2D eigenvalue weighted by atomic mass is 16.1. The molecule has 1 aromatic heterocycles. The minimum Gasteiger partial charge on any atom is -0.276 e. The molecule has 25 heavy (non-hydrogen) atoms. The first kappa shape index (κ1) is 14.2. The van der Waals surface area contributed by atoms with Crippen molar-refractivity contribution in [2.24, 2.45) is 0 Å². The molecule has 0 bridgehead atoms. The van der Waals surface area contributed by atoms with Crippen molar-refractivity contribution < 1.29 is 0 Å². The van der Waals surface area contributed by atoms with E-state index in [0.717, 1.165) is 45.8 Å². The highest BCUT2D eigenvalue weighted by Gasteiger charge is 2.18. The Morgan fingerprint density at radius 2 is 1.48 bits per heavy atom. The molecule has 0 saturated heterocycles. The van der Waals surface area contributed by atoms with E-state index in [0.29, 0.717) is 0 Å². The lowest BCUT2D eigenvalue weighted by molar-refractivity contribution is 0.915. The van der Waals surface area contributed by atoms with E-state index in [1.54, 1.807) is 0 Å². The maximum atomic E-state index is 13.4. The lowest BCUT2D eigenvalue weighted by Crippen LogP contribution is -2.23. The van der Waals surface area contributed by atoms with Gasteiger partial charge in [-0.2, -0.15) is 0 Å². The molecule has 1 aliphatic rings. The van der Waals surface area contributed by atoms with E-state index in [1.165, 1.54) is 5.56 Å². The summed E-state index contributed by atoms with van der Waals surface area (Å²) in [6.07, 6.45) is 6.26. The fourth-order valence-electron chi connectivity index (χ4n) is 3.94. The topological polar surface area (TPSA) is 22.0 Å². The summed E-state index contributed by atoms with van der Waals surface area (Å²) in [5.41, 5.74) is 3.30. The van der Waals surface area contributed by atoms with E-state index in [4.69, 9.17) is 0 Å². The third-order valence-electron chi connectivity index (χ3n) is 5.08. The summed E-state index contributed by atoms with van der Waals surface area (Å²) in [6.45, 7) is 0. The average Bonchev–Trinajstić information content (AvgIpc) is 2.68. The van der Waals surface area contributed by atoms with Gasteiger partial charge < -0.3 is 0 Å². The fraction of sp³-hybridized carbons (Fsp3) is 0.0870. The number of rotatable bonds is 1. The summed E-state index contributed by atoms with van der Waals surface area (Å²) >= 11 is 0. The van der Waals surface area contributed by atoms with Gasteiger partial charge in [0.15, 0.2) is 0 Å². The zero-order valence-corrected chi connectivity index (χ0v) is 13.8. The molecular weight excluding hydrogens is 306 g/mol. The molecule has 0 spiro atoms. The minimum absolute atomic E-state index is 0.0530. The number of allylic oxidation sites excluding steroid dienone is 1. The van der Waals surface area contributed by atoms with E-state index >= 15 is 0 Å². The second-order valence-corrected chi connectivity index (χ2v) is 6.49. The summed E-state index contributed by atoms with van der Waals surface area (Å²) in [6, 6.07) is 22.4. The van der Waals surface area contributed by atoms with E-state index in [1.807, 2.05) is 47.0 Å². The van der Waals surface area contributed by atoms with Crippen LogP contribution in [-0.4, -0.2) is 4.57 Å². The molecule has 4 aromatic rings. The molecule has 1 aliphatic carbocycles. The molecule has 5 rings (SSSR count). The maximum Gasteiger partial charge on any atom is 0.263 e. The van der Waals surface area contributed by atoms with Crippen LogP contribution in [-0.2, 0) is 6.42 Å². The van der Waals surface area contributed by atoms with Gasteiger partial charge in [0.05, 0.1) is 11.4 Å². The van der Waals surface area contributed by atoms with Gasteiger partial charge in [-0.3, -0.25) is 9.36 Å². The molecule has 0 atom stereocenters. The number of hydrogen-bond donors (Lipinski definition) is 0. The van der Waals surface area contributed by atoms with Crippen LogP contribution in [0.3, 0.4) is 0 Å². The molecule has 0 saturated carbocycles. The normalized spacial score (nSPS) is 13.3. The largest absolute Gasteiger partial charge is 0.276 e. The van der Waals surface area contributed by atoms with Crippen molar-refractivity contribution in [1.82, 2.24) is 4.57 Å². The Morgan fingerprint density at radius 1 is 0.760 bits per heavy atom. The number of benzene rings is 3. The van der Waals surface area contributed by atoms with E-state index in [-0.39, 0.29) is 5.56 Å². The quantitative estimate of drug-likeness (QED) is 0.477. The number of fused-ring (bicyclic) bond motifs is 4. The molecular formula is C23H17NO. The maximum absolute atomic E-state index is 13.4. The third kappa shape index (κ3) is 2.07. The van der Waals surface area contributed by atoms with Crippen molar-refractivity contribution in [3.8, 4) is 5.69 Å². The molecule has 2 nitrogen and oxygen atoms in total. The van der Waals surface area contributed by atoms with Gasteiger partial charge in [0, 0.05) is 10.8 Å². The van der Waals surface area contributed by atoms with Crippen LogP contribution in [0.15, 0.2) is 77.6 Å². The second kappa shape index (κ2) is 5.45. The van der Waals surface area contributed by atoms with Crippen LogP contribution in [0, 0.1) is 0 Å². The van der Waals surface area contributed by atoms with Crippen molar-refractivity contribution in [1.29, 1.82) is 0 Å². The Labute approximate surface area is 145 Å². The molecule has 1 heterocycles. The van der Waals surface area contributed by atoms with Gasteiger partial charge in [-0.1, -0.05) is 60.7 Å². The van der Waals surface area contributed by atoms with Gasteiger partial charge in [0.1, 0.15) is 0 Å². The zero-order valence-electron chi connectivity index (χ0n) is 13.8. The van der Waals surface area contributed by atoms with Crippen LogP contribution < -0.4 is 5.56 Å². The standard InChI is InChI=1S/C23H17NO/c25-23-20-13-4-3-11-18(20)19-12-5-6-14-22(19)24(23)21-15-7-9-16-8-1-2-10-17(16)21/h1-4,6-11,13-15H,5,12H2. The van der Waals surface area contributed by atoms with Crippen LogP contribution in [0.1, 0.15) is 17.7 Å². The highest BCUT2D eigenvalue weighted by molar-refractivity contribution is 5.93. The Balaban J connectivity index is 1.99. The molecule has 0 radical (unpaired) electrons. The van der Waals surface area contributed by atoms with Crippen molar-refractivity contribution in [3.05, 3.63) is 94.4 Å². The van der Waals surface area contributed by atoms with E-state index < -0.39 is 0 Å². The summed E-state index contributed by atoms with van der Waals surface area (Å²) < 4.78 is 1.90. The number of aromatic nitrogens is 1. The molecule has 0 N–H and O–H groups in total. The lowest BCUT2D eigenvalue weighted by Gasteiger charge is -2.21. The third-order valence-corrected chi connectivity index (χ3v) is 5.08. The average molecular weight is 323 g/mol. The van der Waals surface area contributed by atoms with Crippen molar-refractivity contribution in [2.45, 2.75) is 12.8 Å². The fourth-order valence-corrected chi connectivity index (χ4v) is 3.94. The first-order valence-electron chi connectivity index (χ1n) is 8.66. The molecule has 3 aromatic carbocycles. The highest BCUT2D eigenvalue weighted by Crippen LogP contribution is 2.30. The van der Waals surface area contributed by atoms with Gasteiger partial charge in [-0.05, 0) is 47.4 Å². The van der Waals surface area contributed by atoms with Gasteiger partial charge in [0.25, 0.3) is 5.56 Å². The summed E-state index contributed by atoms with van der Waals surface area (Å²) in [7, 11) is 0. The van der Waals surface area contributed by atoms with Gasteiger partial charge >= 0.3 is 0 Å².